The SMILES string of the molecule is CCNC(=O)c1ccc(CC2COc3cc(OC)ccc3C2)nc1. The van der Waals surface area contributed by atoms with E-state index in [1.54, 1.807) is 13.3 Å². The van der Waals surface area contributed by atoms with E-state index in [2.05, 4.69) is 16.4 Å². The highest BCUT2D eigenvalue weighted by atomic mass is 16.5. The van der Waals surface area contributed by atoms with Crippen LogP contribution in [0.5, 0.6) is 11.5 Å². The lowest BCUT2D eigenvalue weighted by Crippen LogP contribution is -2.24. The number of hydrogen-bond donors (Lipinski definition) is 1. The van der Waals surface area contributed by atoms with Crippen LogP contribution in [-0.2, 0) is 12.8 Å². The predicted octanol–water partition coefficient (Wildman–Crippen LogP) is 2.63. The Hall–Kier alpha value is -2.56. The van der Waals surface area contributed by atoms with Crippen molar-refractivity contribution in [3.63, 3.8) is 0 Å². The molecule has 1 unspecified atom stereocenters. The fourth-order valence-corrected chi connectivity index (χ4v) is 2.91. The van der Waals surface area contributed by atoms with E-state index in [1.165, 1.54) is 5.56 Å². The maximum atomic E-state index is 11.8. The summed E-state index contributed by atoms with van der Waals surface area (Å²) in [5, 5.41) is 2.77. The first-order valence-electron chi connectivity index (χ1n) is 8.22. The van der Waals surface area contributed by atoms with Crippen molar-refractivity contribution in [2.24, 2.45) is 5.92 Å². The van der Waals surface area contributed by atoms with Crippen molar-refractivity contribution >= 4 is 5.91 Å². The van der Waals surface area contributed by atoms with E-state index >= 15 is 0 Å². The fraction of sp³-hybridized carbons (Fsp3) is 0.368. The molecule has 2 aromatic rings. The zero-order valence-electron chi connectivity index (χ0n) is 14.0. The monoisotopic (exact) mass is 326 g/mol. The number of rotatable bonds is 5. The normalized spacial score (nSPS) is 16.0. The standard InChI is InChI=1S/C19H22N2O3/c1-3-20-19(22)15-4-6-16(21-11-15)9-13-8-14-5-7-17(23-2)10-18(14)24-12-13/h4-7,10-11,13H,3,8-9,12H2,1-2H3,(H,20,22). The van der Waals surface area contributed by atoms with E-state index in [4.69, 9.17) is 9.47 Å². The summed E-state index contributed by atoms with van der Waals surface area (Å²) < 4.78 is 11.1. The van der Waals surface area contributed by atoms with E-state index in [0.29, 0.717) is 24.6 Å². The molecule has 1 aromatic heterocycles. The van der Waals surface area contributed by atoms with Crippen molar-refractivity contribution in [1.82, 2.24) is 10.3 Å². The van der Waals surface area contributed by atoms with E-state index in [0.717, 1.165) is 30.0 Å². The summed E-state index contributed by atoms with van der Waals surface area (Å²) in [7, 11) is 1.66. The molecular weight excluding hydrogens is 304 g/mol. The molecule has 0 bridgehead atoms. The van der Waals surface area contributed by atoms with Gasteiger partial charge in [0.15, 0.2) is 0 Å². The van der Waals surface area contributed by atoms with Crippen molar-refractivity contribution in [1.29, 1.82) is 0 Å². The summed E-state index contributed by atoms with van der Waals surface area (Å²) in [6.07, 6.45) is 3.43. The fourth-order valence-electron chi connectivity index (χ4n) is 2.91. The molecule has 0 spiro atoms. The highest BCUT2D eigenvalue weighted by Gasteiger charge is 2.21. The van der Waals surface area contributed by atoms with Crippen LogP contribution in [0.25, 0.3) is 0 Å². The third-order valence-corrected chi connectivity index (χ3v) is 4.18. The molecule has 24 heavy (non-hydrogen) atoms. The molecule has 126 valence electrons. The molecule has 0 aliphatic carbocycles. The van der Waals surface area contributed by atoms with E-state index in [9.17, 15) is 4.79 Å². The first kappa shape index (κ1) is 16.3. The summed E-state index contributed by atoms with van der Waals surface area (Å²) in [5.74, 6) is 2.02. The zero-order valence-corrected chi connectivity index (χ0v) is 14.0. The van der Waals surface area contributed by atoms with Crippen LogP contribution in [0.4, 0.5) is 0 Å². The van der Waals surface area contributed by atoms with Gasteiger partial charge in [0.25, 0.3) is 5.91 Å². The van der Waals surface area contributed by atoms with Gasteiger partial charge in [0.2, 0.25) is 0 Å². The lowest BCUT2D eigenvalue weighted by Gasteiger charge is -2.25. The lowest BCUT2D eigenvalue weighted by atomic mass is 9.92. The Morgan fingerprint density at radius 2 is 2.25 bits per heavy atom. The van der Waals surface area contributed by atoms with E-state index in [-0.39, 0.29) is 5.91 Å². The topological polar surface area (TPSA) is 60.5 Å². The quantitative estimate of drug-likeness (QED) is 0.917. The molecule has 3 rings (SSSR count). The van der Waals surface area contributed by atoms with Crippen LogP contribution in [-0.4, -0.2) is 31.2 Å². The minimum Gasteiger partial charge on any atom is -0.497 e. The third-order valence-electron chi connectivity index (χ3n) is 4.18. The average molecular weight is 326 g/mol. The number of amides is 1. The van der Waals surface area contributed by atoms with Gasteiger partial charge in [-0.25, -0.2) is 0 Å². The number of nitrogens with one attached hydrogen (secondary N) is 1. The second-order valence-electron chi connectivity index (χ2n) is 5.96. The van der Waals surface area contributed by atoms with Crippen molar-refractivity contribution in [3.05, 3.63) is 53.3 Å². The molecule has 1 aliphatic heterocycles. The Morgan fingerprint density at radius 3 is 2.96 bits per heavy atom. The van der Waals surface area contributed by atoms with E-state index < -0.39 is 0 Å². The Labute approximate surface area is 142 Å². The van der Waals surface area contributed by atoms with Crippen LogP contribution >= 0.6 is 0 Å². The molecule has 2 heterocycles. The van der Waals surface area contributed by atoms with Crippen LogP contribution in [0.3, 0.4) is 0 Å². The van der Waals surface area contributed by atoms with Gasteiger partial charge in [-0.1, -0.05) is 6.07 Å². The number of methoxy groups -OCH3 is 1. The number of ether oxygens (including phenoxy) is 2. The third kappa shape index (κ3) is 3.67. The van der Waals surface area contributed by atoms with Crippen molar-refractivity contribution in [2.45, 2.75) is 19.8 Å². The second-order valence-corrected chi connectivity index (χ2v) is 5.96. The van der Waals surface area contributed by atoms with Crippen LogP contribution in [0.1, 0.15) is 28.5 Å². The highest BCUT2D eigenvalue weighted by molar-refractivity contribution is 5.93. The van der Waals surface area contributed by atoms with Gasteiger partial charge in [-0.15, -0.1) is 0 Å². The molecule has 1 amide bonds. The molecule has 0 fully saturated rings. The molecule has 1 aliphatic rings. The number of fused-ring (bicyclic) bond motifs is 1. The summed E-state index contributed by atoms with van der Waals surface area (Å²) in [6, 6.07) is 9.71. The van der Waals surface area contributed by atoms with Gasteiger partial charge >= 0.3 is 0 Å². The van der Waals surface area contributed by atoms with Crippen LogP contribution in [0.15, 0.2) is 36.5 Å². The largest absolute Gasteiger partial charge is 0.497 e. The zero-order chi connectivity index (χ0) is 16.9. The Balaban J connectivity index is 1.63. The number of aromatic nitrogens is 1. The molecule has 1 aromatic carbocycles. The van der Waals surface area contributed by atoms with Crippen molar-refractivity contribution in [3.8, 4) is 11.5 Å². The molecular formula is C19H22N2O3. The molecule has 0 saturated heterocycles. The minimum absolute atomic E-state index is 0.0829. The van der Waals surface area contributed by atoms with Gasteiger partial charge in [0.05, 0.1) is 19.3 Å². The van der Waals surface area contributed by atoms with Crippen LogP contribution in [0, 0.1) is 5.92 Å². The first-order chi connectivity index (χ1) is 11.7. The minimum atomic E-state index is -0.0829. The lowest BCUT2D eigenvalue weighted by molar-refractivity contribution is 0.0955. The molecule has 1 atom stereocenters. The van der Waals surface area contributed by atoms with Gasteiger partial charge in [-0.3, -0.25) is 9.78 Å². The predicted molar refractivity (Wildman–Crippen MR) is 91.6 cm³/mol. The summed E-state index contributed by atoms with van der Waals surface area (Å²) in [6.45, 7) is 3.18. The number of benzene rings is 1. The molecule has 1 N–H and O–H groups in total. The average Bonchev–Trinajstić information content (AvgIpc) is 2.62. The Morgan fingerprint density at radius 1 is 1.38 bits per heavy atom. The van der Waals surface area contributed by atoms with Gasteiger partial charge in [-0.2, -0.15) is 0 Å². The van der Waals surface area contributed by atoms with Crippen LogP contribution in [0.2, 0.25) is 0 Å². The van der Waals surface area contributed by atoms with Gasteiger partial charge in [0, 0.05) is 30.4 Å². The molecule has 0 radical (unpaired) electrons. The maximum absolute atomic E-state index is 11.8. The summed E-state index contributed by atoms with van der Waals surface area (Å²) in [4.78, 5) is 16.2. The van der Waals surface area contributed by atoms with Gasteiger partial charge in [-0.05, 0) is 43.5 Å². The second kappa shape index (κ2) is 7.34. The summed E-state index contributed by atoms with van der Waals surface area (Å²) >= 11 is 0. The smallest absolute Gasteiger partial charge is 0.252 e. The summed E-state index contributed by atoms with van der Waals surface area (Å²) in [5.41, 5.74) is 2.78. The number of hydrogen-bond acceptors (Lipinski definition) is 4. The molecule has 5 heteroatoms. The van der Waals surface area contributed by atoms with Crippen molar-refractivity contribution < 1.29 is 14.3 Å². The van der Waals surface area contributed by atoms with Crippen LogP contribution < -0.4 is 14.8 Å². The molecule has 0 saturated carbocycles. The number of nitrogens with zero attached hydrogens (tertiary/aromatic N) is 1. The number of carbonyl (C=O) groups is 1. The highest BCUT2D eigenvalue weighted by Crippen LogP contribution is 2.31. The Bertz CT molecular complexity index is 713. The maximum Gasteiger partial charge on any atom is 0.252 e. The van der Waals surface area contributed by atoms with Gasteiger partial charge < -0.3 is 14.8 Å². The molecule has 5 nitrogen and oxygen atoms in total. The first-order valence-corrected chi connectivity index (χ1v) is 8.22. The van der Waals surface area contributed by atoms with E-state index in [1.807, 2.05) is 31.2 Å². The van der Waals surface area contributed by atoms with Crippen molar-refractivity contribution in [2.75, 3.05) is 20.3 Å². The number of pyridine rings is 1. The van der Waals surface area contributed by atoms with Gasteiger partial charge in [0.1, 0.15) is 11.5 Å². The Kier molecular flexibility index (Phi) is 4.99. The number of carbonyl (C=O) groups excluding carboxylic acids is 1.